The van der Waals surface area contributed by atoms with Gasteiger partial charge in [-0.3, -0.25) is 0 Å². The van der Waals surface area contributed by atoms with Gasteiger partial charge in [-0.1, -0.05) is 0 Å². The van der Waals surface area contributed by atoms with Crippen LogP contribution >= 0.6 is 0 Å². The van der Waals surface area contributed by atoms with Gasteiger partial charge < -0.3 is 16.0 Å². The van der Waals surface area contributed by atoms with Crippen molar-refractivity contribution in [3.05, 3.63) is 34.9 Å². The summed E-state index contributed by atoms with van der Waals surface area (Å²) < 4.78 is 0. The van der Waals surface area contributed by atoms with Crippen LogP contribution in [-0.2, 0) is 0 Å². The van der Waals surface area contributed by atoms with E-state index in [2.05, 4.69) is 11.4 Å². The van der Waals surface area contributed by atoms with Gasteiger partial charge in [0.15, 0.2) is 0 Å². The number of fused-ring (bicyclic) bond motifs is 1. The molecule has 0 bridgehead atoms. The van der Waals surface area contributed by atoms with E-state index in [1.165, 1.54) is 0 Å². The molecule has 0 amide bonds. The Morgan fingerprint density at radius 1 is 1.69 bits per heavy atom. The predicted octanol–water partition coefficient (Wildman–Crippen LogP) is -0.00332. The Morgan fingerprint density at radius 2 is 2.46 bits per heavy atom. The van der Waals surface area contributed by atoms with Gasteiger partial charge in [-0.25, -0.2) is 0 Å². The lowest BCUT2D eigenvalue weighted by atomic mass is 10.0. The molecule has 66 valence electrons. The minimum Gasteiger partial charge on any atom is -0.384 e. The molecule has 2 aliphatic heterocycles. The summed E-state index contributed by atoms with van der Waals surface area (Å²) in [7, 11) is 1.97. The SMILES string of the molecule is CN1C=C2C(=CNC(N)=C2C#N)C1. The molecular formula is C9H10N4. The maximum atomic E-state index is 8.88. The lowest BCUT2D eigenvalue weighted by Gasteiger charge is -2.13. The molecule has 4 nitrogen and oxygen atoms in total. The maximum Gasteiger partial charge on any atom is 0.119 e. The first-order chi connectivity index (χ1) is 6.22. The number of hydrogen-bond acceptors (Lipinski definition) is 4. The van der Waals surface area contributed by atoms with Gasteiger partial charge in [-0.2, -0.15) is 5.26 Å². The minimum absolute atomic E-state index is 0.438. The molecule has 0 atom stereocenters. The first kappa shape index (κ1) is 7.74. The van der Waals surface area contributed by atoms with Crippen molar-refractivity contribution in [2.45, 2.75) is 0 Å². The largest absolute Gasteiger partial charge is 0.384 e. The summed E-state index contributed by atoms with van der Waals surface area (Å²) in [5.74, 6) is 0.438. The van der Waals surface area contributed by atoms with Crippen LogP contribution in [0, 0.1) is 11.3 Å². The fourth-order valence-corrected chi connectivity index (χ4v) is 1.55. The number of allylic oxidation sites excluding steroid dienone is 1. The summed E-state index contributed by atoms with van der Waals surface area (Å²) in [5.41, 5.74) is 8.24. The topological polar surface area (TPSA) is 65.1 Å². The molecule has 2 aliphatic rings. The van der Waals surface area contributed by atoms with Crippen molar-refractivity contribution in [3.63, 3.8) is 0 Å². The molecule has 4 heteroatoms. The zero-order chi connectivity index (χ0) is 9.42. The van der Waals surface area contributed by atoms with Gasteiger partial charge in [0.05, 0.1) is 0 Å². The molecule has 0 aliphatic carbocycles. The zero-order valence-electron chi connectivity index (χ0n) is 7.33. The Balaban J connectivity index is 2.48. The molecule has 0 radical (unpaired) electrons. The number of nitrogens with zero attached hydrogens (tertiary/aromatic N) is 2. The molecule has 0 saturated carbocycles. The third-order valence-electron chi connectivity index (χ3n) is 2.17. The molecule has 0 spiro atoms. The van der Waals surface area contributed by atoms with Crippen LogP contribution < -0.4 is 11.1 Å². The number of nitrogens with two attached hydrogens (primary N) is 1. The third-order valence-corrected chi connectivity index (χ3v) is 2.17. The van der Waals surface area contributed by atoms with Crippen LogP contribution in [0.15, 0.2) is 34.9 Å². The van der Waals surface area contributed by atoms with Crippen molar-refractivity contribution in [3.8, 4) is 6.07 Å². The summed E-state index contributed by atoms with van der Waals surface area (Å²) in [6.45, 7) is 0.834. The van der Waals surface area contributed by atoms with E-state index in [1.807, 2.05) is 24.3 Å². The van der Waals surface area contributed by atoms with Gasteiger partial charge in [-0.15, -0.1) is 0 Å². The van der Waals surface area contributed by atoms with Crippen LogP contribution in [0.5, 0.6) is 0 Å². The number of likely N-dealkylation sites (N-methyl/N-ethyl adjacent to an activating group) is 1. The minimum atomic E-state index is 0.438. The van der Waals surface area contributed by atoms with Crippen LogP contribution in [0.4, 0.5) is 0 Å². The highest BCUT2D eigenvalue weighted by Crippen LogP contribution is 2.28. The van der Waals surface area contributed by atoms with Crippen molar-refractivity contribution in [2.75, 3.05) is 13.6 Å². The molecule has 2 rings (SSSR count). The van der Waals surface area contributed by atoms with Crippen LogP contribution in [0.2, 0.25) is 0 Å². The zero-order valence-corrected chi connectivity index (χ0v) is 7.33. The first-order valence-corrected chi connectivity index (χ1v) is 4.00. The number of hydrogen-bond donors (Lipinski definition) is 2. The Kier molecular flexibility index (Phi) is 1.52. The molecule has 0 aromatic carbocycles. The summed E-state index contributed by atoms with van der Waals surface area (Å²) in [4.78, 5) is 2.03. The second-order valence-electron chi connectivity index (χ2n) is 3.17. The highest BCUT2D eigenvalue weighted by Gasteiger charge is 2.23. The molecule has 2 heterocycles. The van der Waals surface area contributed by atoms with E-state index >= 15 is 0 Å². The molecule has 0 unspecified atom stereocenters. The van der Waals surface area contributed by atoms with Crippen molar-refractivity contribution in [1.82, 2.24) is 10.2 Å². The van der Waals surface area contributed by atoms with E-state index in [1.54, 1.807) is 0 Å². The molecule has 0 saturated heterocycles. The van der Waals surface area contributed by atoms with Crippen molar-refractivity contribution >= 4 is 0 Å². The molecule has 3 N–H and O–H groups in total. The normalized spacial score (nSPS) is 20.2. The number of nitrogens with one attached hydrogen (secondary N) is 1. The van der Waals surface area contributed by atoms with E-state index < -0.39 is 0 Å². The van der Waals surface area contributed by atoms with E-state index in [4.69, 9.17) is 11.0 Å². The highest BCUT2D eigenvalue weighted by atomic mass is 15.1. The lowest BCUT2D eigenvalue weighted by Crippen LogP contribution is -2.22. The second-order valence-corrected chi connectivity index (χ2v) is 3.17. The summed E-state index contributed by atoms with van der Waals surface area (Å²) >= 11 is 0. The fourth-order valence-electron chi connectivity index (χ4n) is 1.55. The average Bonchev–Trinajstić information content (AvgIpc) is 2.45. The van der Waals surface area contributed by atoms with Crippen molar-refractivity contribution in [2.24, 2.45) is 5.73 Å². The van der Waals surface area contributed by atoms with Gasteiger partial charge in [0.25, 0.3) is 0 Å². The van der Waals surface area contributed by atoms with Gasteiger partial charge in [-0.05, 0) is 5.57 Å². The number of nitriles is 1. The Labute approximate surface area is 76.6 Å². The Bertz CT molecular complexity index is 381. The highest BCUT2D eigenvalue weighted by molar-refractivity contribution is 5.59. The van der Waals surface area contributed by atoms with E-state index in [0.29, 0.717) is 11.4 Å². The van der Waals surface area contributed by atoms with Crippen molar-refractivity contribution < 1.29 is 0 Å². The molecule has 0 aromatic rings. The van der Waals surface area contributed by atoms with Gasteiger partial charge in [0.1, 0.15) is 17.5 Å². The number of rotatable bonds is 0. The average molecular weight is 174 g/mol. The summed E-state index contributed by atoms with van der Waals surface area (Å²) in [6.07, 6.45) is 3.80. The molecule has 0 fully saturated rings. The van der Waals surface area contributed by atoms with E-state index in [9.17, 15) is 0 Å². The summed E-state index contributed by atoms with van der Waals surface area (Å²) in [6, 6.07) is 2.10. The molecule has 13 heavy (non-hydrogen) atoms. The lowest BCUT2D eigenvalue weighted by molar-refractivity contribution is 0.522. The van der Waals surface area contributed by atoms with Crippen molar-refractivity contribution in [1.29, 1.82) is 5.26 Å². The second kappa shape index (κ2) is 2.56. The monoisotopic (exact) mass is 174 g/mol. The quantitative estimate of drug-likeness (QED) is 0.542. The fraction of sp³-hybridized carbons (Fsp3) is 0.222. The standard InChI is InChI=1S/C9H10N4/c1-13-4-6-3-12-9(11)7(2-10)8(6)5-13/h3,5,12H,4,11H2,1H3. The van der Waals surface area contributed by atoms with Crippen LogP contribution in [0.1, 0.15) is 0 Å². The Morgan fingerprint density at radius 3 is 3.15 bits per heavy atom. The van der Waals surface area contributed by atoms with Gasteiger partial charge >= 0.3 is 0 Å². The van der Waals surface area contributed by atoms with Crippen LogP contribution in [0.25, 0.3) is 0 Å². The van der Waals surface area contributed by atoms with Crippen LogP contribution in [0.3, 0.4) is 0 Å². The third kappa shape index (κ3) is 1.05. The maximum absolute atomic E-state index is 8.88. The van der Waals surface area contributed by atoms with E-state index in [0.717, 1.165) is 17.7 Å². The van der Waals surface area contributed by atoms with Gasteiger partial charge in [0.2, 0.25) is 0 Å². The smallest absolute Gasteiger partial charge is 0.119 e. The molecule has 0 aromatic heterocycles. The van der Waals surface area contributed by atoms with Gasteiger partial charge in [0, 0.05) is 31.6 Å². The first-order valence-electron chi connectivity index (χ1n) is 4.00. The van der Waals surface area contributed by atoms with Crippen LogP contribution in [-0.4, -0.2) is 18.5 Å². The Hall–Kier alpha value is -1.89. The summed E-state index contributed by atoms with van der Waals surface area (Å²) in [5, 5.41) is 11.8. The van der Waals surface area contributed by atoms with E-state index in [-0.39, 0.29) is 0 Å². The number of dihydropyridines is 1. The predicted molar refractivity (Wildman–Crippen MR) is 48.8 cm³/mol. The molecular weight excluding hydrogens is 164 g/mol.